The SMILES string of the molecule is CCCCCCCC/C=C\CCCCCCCC(=O)NCCN1CCN(CCCCS)C1CCCCCCC/C=C\CCCCCCCC. The first-order valence-corrected chi connectivity index (χ1v) is 22.5. The Morgan fingerprint density at radius 3 is 1.47 bits per heavy atom. The fraction of sp³-hybridized carbons (Fsp3) is 0.886. The van der Waals surface area contributed by atoms with Crippen LogP contribution < -0.4 is 5.32 Å². The summed E-state index contributed by atoms with van der Waals surface area (Å²) in [6, 6.07) is 0. The fourth-order valence-corrected chi connectivity index (χ4v) is 7.50. The normalized spacial score (nSPS) is 15.8. The molecule has 0 bridgehead atoms. The molecule has 1 aliphatic rings. The van der Waals surface area contributed by atoms with Crippen molar-refractivity contribution in [2.24, 2.45) is 0 Å². The quantitative estimate of drug-likeness (QED) is 0.0384. The van der Waals surface area contributed by atoms with Gasteiger partial charge < -0.3 is 5.32 Å². The molecule has 288 valence electrons. The van der Waals surface area contributed by atoms with Gasteiger partial charge in [-0.3, -0.25) is 14.6 Å². The summed E-state index contributed by atoms with van der Waals surface area (Å²) < 4.78 is 0. The summed E-state index contributed by atoms with van der Waals surface area (Å²) in [5, 5.41) is 3.24. The van der Waals surface area contributed by atoms with Crippen LogP contribution in [0, 0.1) is 0 Å². The second-order valence-electron chi connectivity index (χ2n) is 15.0. The Bertz CT molecular complexity index is 756. The first kappa shape index (κ1) is 46.2. The van der Waals surface area contributed by atoms with Gasteiger partial charge in [-0.1, -0.05) is 147 Å². The van der Waals surface area contributed by atoms with Gasteiger partial charge in [0.05, 0.1) is 6.17 Å². The number of hydrogen-bond acceptors (Lipinski definition) is 4. The van der Waals surface area contributed by atoms with E-state index in [2.05, 4.69) is 65.9 Å². The predicted molar refractivity (Wildman–Crippen MR) is 222 cm³/mol. The molecule has 1 rings (SSSR count). The molecule has 1 heterocycles. The Hall–Kier alpha value is -0.780. The molecule has 0 aromatic rings. The summed E-state index contributed by atoms with van der Waals surface area (Å²) >= 11 is 4.44. The number of rotatable bonds is 37. The van der Waals surface area contributed by atoms with E-state index >= 15 is 0 Å². The van der Waals surface area contributed by atoms with E-state index in [1.54, 1.807) is 0 Å². The maximum atomic E-state index is 12.5. The second kappa shape index (κ2) is 37.0. The molecule has 1 saturated heterocycles. The van der Waals surface area contributed by atoms with E-state index in [-0.39, 0.29) is 5.91 Å². The van der Waals surface area contributed by atoms with Crippen LogP contribution in [0.15, 0.2) is 24.3 Å². The number of thiol groups is 1. The average molecular weight is 704 g/mol. The van der Waals surface area contributed by atoms with Gasteiger partial charge in [0, 0.05) is 32.6 Å². The molecule has 1 atom stereocenters. The third-order valence-corrected chi connectivity index (χ3v) is 10.8. The van der Waals surface area contributed by atoms with Gasteiger partial charge in [-0.15, -0.1) is 0 Å². The van der Waals surface area contributed by atoms with Crippen LogP contribution in [-0.4, -0.2) is 60.3 Å². The molecular weight excluding hydrogens is 619 g/mol. The molecule has 1 aliphatic heterocycles. The van der Waals surface area contributed by atoms with E-state index in [0.29, 0.717) is 12.6 Å². The molecule has 1 fully saturated rings. The molecule has 4 nitrogen and oxygen atoms in total. The number of amides is 1. The van der Waals surface area contributed by atoms with Crippen LogP contribution in [-0.2, 0) is 4.79 Å². The minimum atomic E-state index is 0.247. The van der Waals surface area contributed by atoms with Crippen molar-refractivity contribution in [3.8, 4) is 0 Å². The zero-order chi connectivity index (χ0) is 35.3. The first-order valence-electron chi connectivity index (χ1n) is 21.9. The van der Waals surface area contributed by atoms with E-state index in [1.165, 1.54) is 193 Å². The van der Waals surface area contributed by atoms with Gasteiger partial charge in [0.25, 0.3) is 0 Å². The lowest BCUT2D eigenvalue weighted by atomic mass is 10.1. The Morgan fingerprint density at radius 1 is 0.551 bits per heavy atom. The summed E-state index contributed by atoms with van der Waals surface area (Å²) in [6.07, 6.45) is 49.1. The highest BCUT2D eigenvalue weighted by molar-refractivity contribution is 7.80. The van der Waals surface area contributed by atoms with Crippen LogP contribution in [0.4, 0.5) is 0 Å². The van der Waals surface area contributed by atoms with Crippen LogP contribution in [0.3, 0.4) is 0 Å². The number of carbonyl (C=O) groups excluding carboxylic acids is 1. The molecule has 1 N–H and O–H groups in total. The summed E-state index contributed by atoms with van der Waals surface area (Å²) in [7, 11) is 0. The molecule has 0 spiro atoms. The van der Waals surface area contributed by atoms with Crippen molar-refractivity contribution < 1.29 is 4.79 Å². The fourth-order valence-electron chi connectivity index (χ4n) is 7.28. The second-order valence-corrected chi connectivity index (χ2v) is 15.5. The van der Waals surface area contributed by atoms with Gasteiger partial charge in [0.15, 0.2) is 0 Å². The minimum absolute atomic E-state index is 0.247. The van der Waals surface area contributed by atoms with Crippen molar-refractivity contribution in [1.82, 2.24) is 15.1 Å². The van der Waals surface area contributed by atoms with Crippen molar-refractivity contribution >= 4 is 18.5 Å². The Kier molecular flexibility index (Phi) is 34.9. The molecule has 0 saturated carbocycles. The summed E-state index contributed by atoms with van der Waals surface area (Å²) in [5.41, 5.74) is 0. The zero-order valence-electron chi connectivity index (χ0n) is 33.1. The number of nitrogens with one attached hydrogen (secondary N) is 1. The third-order valence-electron chi connectivity index (χ3n) is 10.5. The molecule has 1 unspecified atom stereocenters. The van der Waals surface area contributed by atoms with Gasteiger partial charge in [0.2, 0.25) is 5.91 Å². The molecule has 0 aliphatic carbocycles. The summed E-state index contributed by atoms with van der Waals surface area (Å²) in [6.45, 7) is 9.85. The number of allylic oxidation sites excluding steroid dienone is 4. The number of nitrogens with zero attached hydrogens (tertiary/aromatic N) is 2. The standard InChI is InChI=1S/C44H85N3OS/c1-3-5-7-9-11-13-15-17-19-21-23-25-27-29-31-35-43(48)45-37-39-47-41-40-46(38-33-34-42-49)44(47)36-32-30-28-26-24-22-20-18-16-14-12-10-8-6-4-2/h17-20,44,49H,3-16,21-42H2,1-2H3,(H,45,48)/b19-17-,20-18-. The van der Waals surface area contributed by atoms with Crippen LogP contribution in [0.25, 0.3) is 0 Å². The topological polar surface area (TPSA) is 35.6 Å². The van der Waals surface area contributed by atoms with E-state index < -0.39 is 0 Å². The highest BCUT2D eigenvalue weighted by atomic mass is 32.1. The molecule has 1 amide bonds. The van der Waals surface area contributed by atoms with Crippen molar-refractivity contribution in [1.29, 1.82) is 0 Å². The minimum Gasteiger partial charge on any atom is -0.355 e. The first-order chi connectivity index (χ1) is 24.2. The van der Waals surface area contributed by atoms with Gasteiger partial charge in [-0.2, -0.15) is 12.6 Å². The summed E-state index contributed by atoms with van der Waals surface area (Å²) in [4.78, 5) is 17.9. The Morgan fingerprint density at radius 2 is 0.980 bits per heavy atom. The van der Waals surface area contributed by atoms with Crippen LogP contribution in [0.1, 0.15) is 206 Å². The number of carbonyl (C=O) groups is 1. The van der Waals surface area contributed by atoms with Crippen molar-refractivity contribution in [2.45, 2.75) is 213 Å². The highest BCUT2D eigenvalue weighted by Gasteiger charge is 2.30. The Balaban J connectivity index is 2.11. The number of hydrogen-bond donors (Lipinski definition) is 2. The lowest BCUT2D eigenvalue weighted by Gasteiger charge is -2.30. The van der Waals surface area contributed by atoms with Crippen molar-refractivity contribution in [3.63, 3.8) is 0 Å². The summed E-state index contributed by atoms with van der Waals surface area (Å²) in [5.74, 6) is 1.23. The average Bonchev–Trinajstić information content (AvgIpc) is 3.49. The van der Waals surface area contributed by atoms with Crippen LogP contribution in [0.2, 0.25) is 0 Å². The lowest BCUT2D eigenvalue weighted by molar-refractivity contribution is -0.121. The van der Waals surface area contributed by atoms with Gasteiger partial charge in [0.1, 0.15) is 0 Å². The molecular formula is C44H85N3OS. The van der Waals surface area contributed by atoms with Gasteiger partial charge >= 0.3 is 0 Å². The Labute approximate surface area is 312 Å². The zero-order valence-corrected chi connectivity index (χ0v) is 34.0. The molecule has 5 heteroatoms. The predicted octanol–water partition coefficient (Wildman–Crippen LogP) is 12.8. The van der Waals surface area contributed by atoms with Crippen LogP contribution >= 0.6 is 12.6 Å². The largest absolute Gasteiger partial charge is 0.355 e. The van der Waals surface area contributed by atoms with E-state index in [9.17, 15) is 4.79 Å². The monoisotopic (exact) mass is 704 g/mol. The van der Waals surface area contributed by atoms with Crippen molar-refractivity contribution in [3.05, 3.63) is 24.3 Å². The van der Waals surface area contributed by atoms with Crippen molar-refractivity contribution in [2.75, 3.05) is 38.5 Å². The lowest BCUT2D eigenvalue weighted by Crippen LogP contribution is -2.42. The van der Waals surface area contributed by atoms with E-state index in [1.807, 2.05) is 0 Å². The van der Waals surface area contributed by atoms with Crippen LogP contribution in [0.5, 0.6) is 0 Å². The molecule has 0 aromatic heterocycles. The smallest absolute Gasteiger partial charge is 0.220 e. The highest BCUT2D eigenvalue weighted by Crippen LogP contribution is 2.21. The third kappa shape index (κ3) is 29.5. The molecule has 49 heavy (non-hydrogen) atoms. The maximum Gasteiger partial charge on any atom is 0.220 e. The molecule has 0 radical (unpaired) electrons. The maximum absolute atomic E-state index is 12.5. The number of unbranched alkanes of at least 4 members (excludes halogenated alkanes) is 23. The van der Waals surface area contributed by atoms with E-state index in [0.717, 1.165) is 31.8 Å². The van der Waals surface area contributed by atoms with Gasteiger partial charge in [-0.25, -0.2) is 0 Å². The van der Waals surface area contributed by atoms with Gasteiger partial charge in [-0.05, 0) is 89.3 Å². The molecule has 0 aromatic carbocycles. The van der Waals surface area contributed by atoms with E-state index in [4.69, 9.17) is 0 Å².